The largest absolute Gasteiger partial charge is 0.341 e. The third-order valence-electron chi connectivity index (χ3n) is 5.80. The summed E-state index contributed by atoms with van der Waals surface area (Å²) in [6, 6.07) is 17.4. The van der Waals surface area contributed by atoms with Crippen LogP contribution in [-0.4, -0.2) is 48.8 Å². The molecule has 0 aliphatic carbocycles. The number of rotatable bonds is 5. The van der Waals surface area contributed by atoms with E-state index in [9.17, 15) is 13.2 Å². The highest BCUT2D eigenvalue weighted by Crippen LogP contribution is 2.34. The molecule has 0 spiro atoms. The summed E-state index contributed by atoms with van der Waals surface area (Å²) in [5, 5.41) is 0.901. The first kappa shape index (κ1) is 20.0. The van der Waals surface area contributed by atoms with Gasteiger partial charge in [-0.05, 0) is 31.0 Å². The third kappa shape index (κ3) is 3.94. The molecule has 2 atom stereocenters. The molecular weight excluding hydrogens is 404 g/mol. The first-order valence-corrected chi connectivity index (χ1v) is 12.3. The molecule has 0 saturated carbocycles. The fourth-order valence-corrected chi connectivity index (χ4v) is 6.94. The molecule has 1 aliphatic heterocycles. The highest BCUT2D eigenvalue weighted by molar-refractivity contribution is 7.91. The highest BCUT2D eigenvalue weighted by atomic mass is 32.2. The van der Waals surface area contributed by atoms with Gasteiger partial charge in [-0.3, -0.25) is 4.79 Å². The molecule has 2 heterocycles. The van der Waals surface area contributed by atoms with E-state index in [2.05, 4.69) is 0 Å². The molecule has 1 saturated heterocycles. The highest BCUT2D eigenvalue weighted by Gasteiger charge is 2.42. The second-order valence-electron chi connectivity index (χ2n) is 7.92. The van der Waals surface area contributed by atoms with Gasteiger partial charge in [0, 0.05) is 19.5 Å². The lowest BCUT2D eigenvalue weighted by Crippen LogP contribution is -2.49. The Hall–Kier alpha value is -2.25. The van der Waals surface area contributed by atoms with Gasteiger partial charge >= 0.3 is 0 Å². The van der Waals surface area contributed by atoms with Crippen molar-refractivity contribution >= 4 is 37.3 Å². The van der Waals surface area contributed by atoms with E-state index >= 15 is 0 Å². The van der Waals surface area contributed by atoms with E-state index in [0.717, 1.165) is 20.8 Å². The zero-order chi connectivity index (χ0) is 20.6. The van der Waals surface area contributed by atoms with Crippen LogP contribution in [0.25, 0.3) is 10.2 Å². The van der Waals surface area contributed by atoms with Gasteiger partial charge in [0.05, 0.1) is 32.1 Å². The Labute approximate surface area is 175 Å². The summed E-state index contributed by atoms with van der Waals surface area (Å²) in [4.78, 5) is 20.1. The molecule has 7 heteroatoms. The number of nitrogens with zero attached hydrogens (tertiary/aromatic N) is 2. The van der Waals surface area contributed by atoms with Crippen molar-refractivity contribution in [1.29, 1.82) is 0 Å². The second-order valence-corrected chi connectivity index (χ2v) is 11.3. The first-order chi connectivity index (χ1) is 13.8. The van der Waals surface area contributed by atoms with Gasteiger partial charge in [-0.1, -0.05) is 42.5 Å². The van der Waals surface area contributed by atoms with Gasteiger partial charge in [-0.25, -0.2) is 13.4 Å². The first-order valence-electron chi connectivity index (χ1n) is 9.66. The molecule has 4 rings (SSSR count). The monoisotopic (exact) mass is 428 g/mol. The fraction of sp³-hybridized carbons (Fsp3) is 0.364. The normalized spacial score (nSPS) is 20.4. The van der Waals surface area contributed by atoms with Crippen molar-refractivity contribution in [3.63, 3.8) is 0 Å². The Morgan fingerprint density at radius 3 is 2.52 bits per heavy atom. The van der Waals surface area contributed by atoms with Crippen molar-refractivity contribution in [3.8, 4) is 0 Å². The Bertz CT molecular complexity index is 1110. The molecule has 1 fully saturated rings. The summed E-state index contributed by atoms with van der Waals surface area (Å²) in [6.07, 6.45) is 0.968. The van der Waals surface area contributed by atoms with Crippen molar-refractivity contribution in [1.82, 2.24) is 9.88 Å². The van der Waals surface area contributed by atoms with Crippen molar-refractivity contribution in [2.45, 2.75) is 31.2 Å². The molecule has 0 radical (unpaired) electrons. The number of aromatic nitrogens is 1. The Kier molecular flexibility index (Phi) is 5.21. The zero-order valence-electron chi connectivity index (χ0n) is 16.5. The second kappa shape index (κ2) is 7.54. The molecule has 29 heavy (non-hydrogen) atoms. The zero-order valence-corrected chi connectivity index (χ0v) is 18.2. The lowest BCUT2D eigenvalue weighted by atomic mass is 9.78. The van der Waals surface area contributed by atoms with Crippen LogP contribution in [0.3, 0.4) is 0 Å². The molecular formula is C22H24N2O3S2. The number of sulfone groups is 1. The topological polar surface area (TPSA) is 67.3 Å². The quantitative estimate of drug-likeness (QED) is 0.624. The minimum atomic E-state index is -3.06. The third-order valence-corrected chi connectivity index (χ3v) is 8.59. The Balaban J connectivity index is 1.69. The van der Waals surface area contributed by atoms with Crippen LogP contribution >= 0.6 is 11.3 Å². The molecule has 1 aliphatic rings. The number of carbonyl (C=O) groups is 1. The average Bonchev–Trinajstić information content (AvgIpc) is 3.29. The summed E-state index contributed by atoms with van der Waals surface area (Å²) in [5.74, 6) is 0.126. The minimum absolute atomic E-state index is 0.0429. The van der Waals surface area contributed by atoms with Crippen molar-refractivity contribution < 1.29 is 13.2 Å². The van der Waals surface area contributed by atoms with Crippen LogP contribution in [0.5, 0.6) is 0 Å². The number of amides is 1. The maximum Gasteiger partial charge on any atom is 0.233 e. The van der Waals surface area contributed by atoms with E-state index in [4.69, 9.17) is 4.98 Å². The fourth-order valence-electron chi connectivity index (χ4n) is 4.04. The van der Waals surface area contributed by atoms with Gasteiger partial charge in [0.1, 0.15) is 0 Å². The number of thiazole rings is 1. The predicted molar refractivity (Wildman–Crippen MR) is 117 cm³/mol. The summed E-state index contributed by atoms with van der Waals surface area (Å²) >= 11 is 1.60. The van der Waals surface area contributed by atoms with Crippen LogP contribution in [0.2, 0.25) is 0 Å². The van der Waals surface area contributed by atoms with Gasteiger partial charge in [0.25, 0.3) is 0 Å². The van der Waals surface area contributed by atoms with Crippen LogP contribution in [0.15, 0.2) is 54.6 Å². The van der Waals surface area contributed by atoms with E-state index in [1.54, 1.807) is 23.3 Å². The van der Waals surface area contributed by atoms with E-state index in [-0.39, 0.29) is 23.5 Å². The summed E-state index contributed by atoms with van der Waals surface area (Å²) in [7, 11) is -1.33. The molecule has 3 aromatic rings. The van der Waals surface area contributed by atoms with Crippen LogP contribution in [0, 0.1) is 0 Å². The SMILES string of the molecule is CN(C(=O)C(C)(Cc1nc2ccccc2s1)c1ccccc1)C1CCS(=O)(=O)C1. The molecule has 0 N–H and O–H groups in total. The molecule has 1 aromatic heterocycles. The summed E-state index contributed by atoms with van der Waals surface area (Å²) < 4.78 is 25.0. The van der Waals surface area contributed by atoms with Crippen LogP contribution in [0.4, 0.5) is 0 Å². The lowest BCUT2D eigenvalue weighted by molar-refractivity contribution is -0.137. The van der Waals surface area contributed by atoms with Gasteiger partial charge < -0.3 is 4.90 Å². The number of benzene rings is 2. The number of carbonyl (C=O) groups excluding carboxylic acids is 1. The molecule has 152 valence electrons. The average molecular weight is 429 g/mol. The molecule has 1 amide bonds. The Morgan fingerprint density at radius 1 is 1.17 bits per heavy atom. The number of hydrogen-bond donors (Lipinski definition) is 0. The molecule has 0 bridgehead atoms. The maximum absolute atomic E-state index is 13.7. The van der Waals surface area contributed by atoms with E-state index in [1.165, 1.54) is 0 Å². The van der Waals surface area contributed by atoms with Crippen LogP contribution < -0.4 is 0 Å². The summed E-state index contributed by atoms with van der Waals surface area (Å²) in [6.45, 7) is 1.94. The van der Waals surface area contributed by atoms with Gasteiger partial charge in [-0.2, -0.15) is 0 Å². The van der Waals surface area contributed by atoms with Crippen LogP contribution in [-0.2, 0) is 26.5 Å². The van der Waals surface area contributed by atoms with Crippen molar-refractivity contribution in [3.05, 3.63) is 65.2 Å². The standard InChI is InChI=1S/C22H24N2O3S2/c1-22(16-8-4-3-5-9-16,14-20-23-18-10-6-7-11-19(18)28-20)21(25)24(2)17-12-13-29(26,27)15-17/h3-11,17H,12-15H2,1-2H3. The van der Waals surface area contributed by atoms with Gasteiger partial charge in [-0.15, -0.1) is 11.3 Å². The number of hydrogen-bond acceptors (Lipinski definition) is 5. The molecule has 5 nitrogen and oxygen atoms in total. The summed E-state index contributed by atoms with van der Waals surface area (Å²) in [5.41, 5.74) is 1.03. The van der Waals surface area contributed by atoms with Crippen molar-refractivity contribution in [2.75, 3.05) is 18.6 Å². The Morgan fingerprint density at radius 2 is 1.86 bits per heavy atom. The van der Waals surface area contributed by atoms with E-state index in [1.807, 2.05) is 61.5 Å². The van der Waals surface area contributed by atoms with Gasteiger partial charge in [0.2, 0.25) is 5.91 Å². The number of fused-ring (bicyclic) bond motifs is 1. The molecule has 2 unspecified atom stereocenters. The van der Waals surface area contributed by atoms with Crippen molar-refractivity contribution in [2.24, 2.45) is 0 Å². The number of para-hydroxylation sites is 1. The van der Waals surface area contributed by atoms with E-state index in [0.29, 0.717) is 12.8 Å². The maximum atomic E-state index is 13.7. The smallest absolute Gasteiger partial charge is 0.233 e. The predicted octanol–water partition coefficient (Wildman–Crippen LogP) is 3.44. The molecule has 2 aromatic carbocycles. The van der Waals surface area contributed by atoms with Crippen LogP contribution in [0.1, 0.15) is 23.9 Å². The van der Waals surface area contributed by atoms with E-state index < -0.39 is 15.3 Å². The number of likely N-dealkylation sites (N-methyl/N-ethyl adjacent to an activating group) is 1. The minimum Gasteiger partial charge on any atom is -0.341 e. The lowest BCUT2D eigenvalue weighted by Gasteiger charge is -2.35. The van der Waals surface area contributed by atoms with Gasteiger partial charge in [0.15, 0.2) is 9.84 Å².